The molecule has 0 aliphatic carbocycles. The molecule has 0 unspecified atom stereocenters. The van der Waals surface area contributed by atoms with E-state index < -0.39 is 11.6 Å². The predicted molar refractivity (Wildman–Crippen MR) is 49.2 cm³/mol. The molecule has 1 N–H and O–H groups in total. The van der Waals surface area contributed by atoms with Gasteiger partial charge in [-0.25, -0.2) is 8.78 Å². The lowest BCUT2D eigenvalue weighted by atomic mass is 10.1. The summed E-state index contributed by atoms with van der Waals surface area (Å²) in [5.74, 6) is -1.28. The molecule has 0 radical (unpaired) electrons. The van der Waals surface area contributed by atoms with E-state index in [0.29, 0.717) is 11.3 Å². The third-order valence-corrected chi connectivity index (χ3v) is 1.89. The van der Waals surface area contributed by atoms with Gasteiger partial charge in [-0.15, -0.1) is 0 Å². The second-order valence-electron chi connectivity index (χ2n) is 2.72. The topological polar surface area (TPSA) is 28.9 Å². The molecule has 0 aliphatic rings. The number of halogens is 2. The molecule has 0 saturated carbocycles. The van der Waals surface area contributed by atoms with Crippen molar-refractivity contribution in [3.05, 3.63) is 40.9 Å². The minimum absolute atomic E-state index is 0.171. The van der Waals surface area contributed by atoms with Crippen LogP contribution in [0.2, 0.25) is 0 Å². The van der Waals surface area contributed by atoms with Crippen molar-refractivity contribution < 1.29 is 13.2 Å². The molecule has 0 atom stereocenters. The Labute approximate surface area is 83.2 Å². The van der Waals surface area contributed by atoms with Gasteiger partial charge >= 0.3 is 0 Å². The SMILES string of the molecule is Fc1cc(F)cc(-c2coc(=S)[nH]2)c1. The highest BCUT2D eigenvalue weighted by Crippen LogP contribution is 2.19. The van der Waals surface area contributed by atoms with Crippen molar-refractivity contribution in [3.8, 4) is 11.3 Å². The van der Waals surface area contributed by atoms with Crippen LogP contribution in [0.4, 0.5) is 8.78 Å². The lowest BCUT2D eigenvalue weighted by Gasteiger charge is -1.96. The summed E-state index contributed by atoms with van der Waals surface area (Å²) in [4.78, 5) is 2.83. The Morgan fingerprint density at radius 2 is 1.79 bits per heavy atom. The summed E-state index contributed by atoms with van der Waals surface area (Å²) in [6, 6.07) is 3.19. The number of nitrogens with one attached hydrogen (secondary N) is 1. The summed E-state index contributed by atoms with van der Waals surface area (Å²) in [5, 5.41) is 0. The van der Waals surface area contributed by atoms with Crippen LogP contribution in [0.15, 0.2) is 28.9 Å². The van der Waals surface area contributed by atoms with E-state index in [2.05, 4.69) is 17.2 Å². The molecule has 0 bridgehead atoms. The molecule has 0 saturated heterocycles. The Morgan fingerprint density at radius 1 is 1.14 bits per heavy atom. The zero-order chi connectivity index (χ0) is 10.1. The molecular formula is C9H5F2NOS. The molecule has 0 amide bonds. The van der Waals surface area contributed by atoms with Crippen LogP contribution in [0.3, 0.4) is 0 Å². The number of benzene rings is 1. The van der Waals surface area contributed by atoms with Crippen LogP contribution in [0.25, 0.3) is 11.3 Å². The van der Waals surface area contributed by atoms with Gasteiger partial charge in [-0.05, 0) is 24.4 Å². The largest absolute Gasteiger partial charge is 0.437 e. The summed E-state index contributed by atoms with van der Waals surface area (Å²) in [7, 11) is 0. The van der Waals surface area contributed by atoms with E-state index in [-0.39, 0.29) is 4.84 Å². The molecule has 0 aliphatic heterocycles. The molecule has 1 aromatic carbocycles. The second-order valence-corrected chi connectivity index (χ2v) is 3.09. The Balaban J connectivity index is 2.56. The Bertz CT molecular complexity index is 497. The van der Waals surface area contributed by atoms with Crippen molar-refractivity contribution >= 4 is 12.2 Å². The van der Waals surface area contributed by atoms with Gasteiger partial charge in [0.1, 0.15) is 17.9 Å². The van der Waals surface area contributed by atoms with Gasteiger partial charge in [0.2, 0.25) is 0 Å². The van der Waals surface area contributed by atoms with E-state index >= 15 is 0 Å². The number of aromatic amines is 1. The molecule has 1 aromatic heterocycles. The quantitative estimate of drug-likeness (QED) is 0.736. The highest BCUT2D eigenvalue weighted by atomic mass is 32.1. The molecule has 14 heavy (non-hydrogen) atoms. The normalized spacial score (nSPS) is 10.4. The predicted octanol–water partition coefficient (Wildman–Crippen LogP) is 3.28. The fraction of sp³-hybridized carbons (Fsp3) is 0. The van der Waals surface area contributed by atoms with Crippen molar-refractivity contribution in [1.82, 2.24) is 4.98 Å². The Morgan fingerprint density at radius 3 is 2.29 bits per heavy atom. The third kappa shape index (κ3) is 1.72. The van der Waals surface area contributed by atoms with Gasteiger partial charge in [-0.3, -0.25) is 0 Å². The van der Waals surface area contributed by atoms with Crippen LogP contribution in [-0.4, -0.2) is 4.98 Å². The van der Waals surface area contributed by atoms with E-state index in [0.717, 1.165) is 6.07 Å². The van der Waals surface area contributed by atoms with Crippen molar-refractivity contribution in [3.63, 3.8) is 0 Å². The van der Waals surface area contributed by atoms with Gasteiger partial charge < -0.3 is 9.40 Å². The summed E-state index contributed by atoms with van der Waals surface area (Å²) in [5.41, 5.74) is 0.816. The number of hydrogen-bond donors (Lipinski definition) is 1. The van der Waals surface area contributed by atoms with E-state index in [9.17, 15) is 8.78 Å². The minimum atomic E-state index is -0.638. The van der Waals surface area contributed by atoms with Crippen molar-refractivity contribution in [1.29, 1.82) is 0 Å². The van der Waals surface area contributed by atoms with Crippen LogP contribution in [0.5, 0.6) is 0 Å². The summed E-state index contributed by atoms with van der Waals surface area (Å²) in [6.07, 6.45) is 1.32. The smallest absolute Gasteiger partial charge is 0.266 e. The molecular weight excluding hydrogens is 208 g/mol. The van der Waals surface area contributed by atoms with Crippen LogP contribution in [0.1, 0.15) is 0 Å². The number of H-pyrrole nitrogens is 1. The Hall–Kier alpha value is -1.49. The van der Waals surface area contributed by atoms with Crippen molar-refractivity contribution in [2.24, 2.45) is 0 Å². The number of oxazole rings is 1. The van der Waals surface area contributed by atoms with Crippen molar-refractivity contribution in [2.75, 3.05) is 0 Å². The van der Waals surface area contributed by atoms with Gasteiger partial charge in [0, 0.05) is 11.6 Å². The first-order chi connectivity index (χ1) is 6.65. The zero-order valence-corrected chi connectivity index (χ0v) is 7.70. The molecule has 0 fully saturated rings. The summed E-state index contributed by atoms with van der Waals surface area (Å²) < 4.78 is 30.4. The minimum Gasteiger partial charge on any atom is -0.437 e. The van der Waals surface area contributed by atoms with Crippen LogP contribution in [-0.2, 0) is 0 Å². The second kappa shape index (κ2) is 3.34. The van der Waals surface area contributed by atoms with Crippen molar-refractivity contribution in [2.45, 2.75) is 0 Å². The van der Waals surface area contributed by atoms with E-state index in [4.69, 9.17) is 4.42 Å². The number of aromatic nitrogens is 1. The monoisotopic (exact) mass is 213 g/mol. The Kier molecular flexibility index (Phi) is 2.17. The summed E-state index contributed by atoms with van der Waals surface area (Å²) in [6.45, 7) is 0. The first-order valence-corrected chi connectivity index (χ1v) is 4.20. The zero-order valence-electron chi connectivity index (χ0n) is 6.88. The average molecular weight is 213 g/mol. The van der Waals surface area contributed by atoms with Gasteiger partial charge in [0.25, 0.3) is 4.84 Å². The molecule has 2 nitrogen and oxygen atoms in total. The van der Waals surface area contributed by atoms with E-state index in [1.165, 1.54) is 18.4 Å². The molecule has 2 rings (SSSR count). The van der Waals surface area contributed by atoms with Crippen LogP contribution >= 0.6 is 12.2 Å². The van der Waals surface area contributed by atoms with E-state index in [1.807, 2.05) is 0 Å². The fourth-order valence-corrected chi connectivity index (χ4v) is 1.29. The van der Waals surface area contributed by atoms with Gasteiger partial charge in [0.15, 0.2) is 0 Å². The molecule has 5 heteroatoms. The van der Waals surface area contributed by atoms with E-state index in [1.54, 1.807) is 0 Å². The maximum Gasteiger partial charge on any atom is 0.266 e. The highest BCUT2D eigenvalue weighted by Gasteiger charge is 2.04. The number of hydrogen-bond acceptors (Lipinski definition) is 2. The fourth-order valence-electron chi connectivity index (χ4n) is 1.13. The maximum absolute atomic E-state index is 12.8. The highest BCUT2D eigenvalue weighted by molar-refractivity contribution is 7.71. The van der Waals surface area contributed by atoms with Gasteiger partial charge in [-0.2, -0.15) is 0 Å². The molecule has 72 valence electrons. The average Bonchev–Trinajstić information content (AvgIpc) is 2.50. The molecule has 2 aromatic rings. The number of rotatable bonds is 1. The van der Waals surface area contributed by atoms with Crippen LogP contribution < -0.4 is 0 Å². The molecule has 0 spiro atoms. The maximum atomic E-state index is 12.8. The first kappa shape index (κ1) is 9.08. The van der Waals surface area contributed by atoms with Crippen LogP contribution in [0, 0.1) is 16.5 Å². The standard InChI is InChI=1S/C9H5F2NOS/c10-6-1-5(2-7(11)3-6)8-4-13-9(14)12-8/h1-4H,(H,12,14). The first-order valence-electron chi connectivity index (χ1n) is 3.79. The third-order valence-electron chi connectivity index (χ3n) is 1.69. The van der Waals surface area contributed by atoms with Gasteiger partial charge in [0.05, 0.1) is 5.69 Å². The molecule has 1 heterocycles. The van der Waals surface area contributed by atoms with Gasteiger partial charge in [-0.1, -0.05) is 0 Å². The lowest BCUT2D eigenvalue weighted by molar-refractivity contribution is 0.541. The summed E-state index contributed by atoms with van der Waals surface area (Å²) >= 11 is 4.69. The lowest BCUT2D eigenvalue weighted by Crippen LogP contribution is -1.83.